The monoisotopic (exact) mass is 251 g/mol. The molecule has 18 heavy (non-hydrogen) atoms. The first-order valence-electron chi connectivity index (χ1n) is 6.65. The highest BCUT2D eigenvalue weighted by Gasteiger charge is 2.27. The Kier molecular flexibility index (Phi) is 4.42. The molecule has 0 aromatic heterocycles. The molecule has 0 radical (unpaired) electrons. The van der Waals surface area contributed by atoms with Crippen LogP contribution >= 0.6 is 0 Å². The van der Waals surface area contributed by atoms with Gasteiger partial charge in [0.05, 0.1) is 0 Å². The first-order valence-corrected chi connectivity index (χ1v) is 6.65. The van der Waals surface area contributed by atoms with Gasteiger partial charge < -0.3 is 19.2 Å². The molecule has 2 aliphatic rings. The van der Waals surface area contributed by atoms with Crippen molar-refractivity contribution in [2.75, 3.05) is 26.2 Å². The highest BCUT2D eigenvalue weighted by molar-refractivity contribution is 5.58. The fourth-order valence-corrected chi connectivity index (χ4v) is 2.29. The van der Waals surface area contributed by atoms with Gasteiger partial charge in [-0.1, -0.05) is 19.9 Å². The van der Waals surface area contributed by atoms with E-state index in [4.69, 9.17) is 9.47 Å². The molecule has 2 rings (SSSR count). The van der Waals surface area contributed by atoms with Crippen LogP contribution in [0.4, 0.5) is 0 Å². The zero-order chi connectivity index (χ0) is 13.0. The van der Waals surface area contributed by atoms with Crippen LogP contribution in [0.5, 0.6) is 0 Å². The summed E-state index contributed by atoms with van der Waals surface area (Å²) in [5.74, 6) is 1.56. The zero-order valence-electron chi connectivity index (χ0n) is 11.1. The van der Waals surface area contributed by atoms with Crippen molar-refractivity contribution in [3.05, 3.63) is 23.7 Å². The zero-order valence-corrected chi connectivity index (χ0v) is 11.1. The minimum absolute atomic E-state index is 0.0699. The molecular formula is C14H21NO3. The third-order valence-corrected chi connectivity index (χ3v) is 3.46. The van der Waals surface area contributed by atoms with Gasteiger partial charge in [-0.3, -0.25) is 0 Å². The second-order valence-corrected chi connectivity index (χ2v) is 4.69. The molecule has 2 unspecified atom stereocenters. The summed E-state index contributed by atoms with van der Waals surface area (Å²) in [6, 6.07) is 0. The van der Waals surface area contributed by atoms with Crippen LogP contribution in [-0.2, 0) is 14.3 Å². The van der Waals surface area contributed by atoms with Crippen LogP contribution in [-0.4, -0.2) is 43.5 Å². The third-order valence-electron chi connectivity index (χ3n) is 3.46. The number of allylic oxidation sites excluding steroid dienone is 3. The Morgan fingerprint density at radius 2 is 2.22 bits per heavy atom. The minimum Gasteiger partial charge on any atom is -0.486 e. The van der Waals surface area contributed by atoms with Crippen molar-refractivity contribution < 1.29 is 14.3 Å². The smallest absolute Gasteiger partial charge is 0.156 e. The lowest BCUT2D eigenvalue weighted by Crippen LogP contribution is -2.38. The summed E-state index contributed by atoms with van der Waals surface area (Å²) in [5, 5.41) is 0. The summed E-state index contributed by atoms with van der Waals surface area (Å²) in [5.41, 5.74) is 0. The lowest BCUT2D eigenvalue weighted by Gasteiger charge is -2.33. The van der Waals surface area contributed by atoms with Crippen LogP contribution in [0, 0.1) is 5.92 Å². The highest BCUT2D eigenvalue weighted by Crippen LogP contribution is 2.29. The minimum atomic E-state index is -0.0699. The first kappa shape index (κ1) is 13.1. The maximum atomic E-state index is 10.8. The van der Waals surface area contributed by atoms with E-state index in [0.29, 0.717) is 13.0 Å². The van der Waals surface area contributed by atoms with Crippen LogP contribution in [0.25, 0.3) is 0 Å². The molecule has 0 amide bonds. The van der Waals surface area contributed by atoms with E-state index in [-0.39, 0.29) is 12.0 Å². The molecule has 4 heteroatoms. The molecule has 2 atom stereocenters. The number of hydrogen-bond donors (Lipinski definition) is 0. The number of nitrogens with zero attached hydrogens (tertiary/aromatic N) is 1. The number of carbonyl (C=O) groups is 1. The maximum Gasteiger partial charge on any atom is 0.156 e. The van der Waals surface area contributed by atoms with Crippen molar-refractivity contribution in [3.8, 4) is 0 Å². The average Bonchev–Trinajstić information content (AvgIpc) is 2.43. The predicted molar refractivity (Wildman–Crippen MR) is 69.0 cm³/mol. The number of ether oxygens (including phenoxy) is 2. The van der Waals surface area contributed by atoms with Gasteiger partial charge in [0.15, 0.2) is 5.76 Å². The fourth-order valence-electron chi connectivity index (χ4n) is 2.29. The third kappa shape index (κ3) is 2.93. The molecular weight excluding hydrogens is 230 g/mol. The lowest BCUT2D eigenvalue weighted by atomic mass is 9.99. The van der Waals surface area contributed by atoms with Crippen LogP contribution in [0.2, 0.25) is 0 Å². The number of likely N-dealkylation sites (N-methyl/N-ethyl adjacent to an activating group) is 1. The Morgan fingerprint density at radius 1 is 1.44 bits per heavy atom. The summed E-state index contributed by atoms with van der Waals surface area (Å²) in [6.07, 6.45) is 5.38. The molecule has 1 aliphatic heterocycles. The molecule has 0 aromatic carbocycles. The van der Waals surface area contributed by atoms with Crippen LogP contribution in [0.1, 0.15) is 20.3 Å². The summed E-state index contributed by atoms with van der Waals surface area (Å²) in [7, 11) is 0. The van der Waals surface area contributed by atoms with Gasteiger partial charge in [-0.05, 0) is 19.2 Å². The molecule has 0 N–H and O–H groups in total. The molecule has 1 heterocycles. The molecule has 0 bridgehead atoms. The number of carbonyl (C=O) groups excluding carboxylic acids is 1. The van der Waals surface area contributed by atoms with Gasteiger partial charge in [-0.15, -0.1) is 0 Å². The van der Waals surface area contributed by atoms with E-state index >= 15 is 0 Å². The van der Waals surface area contributed by atoms with E-state index < -0.39 is 0 Å². The van der Waals surface area contributed by atoms with Gasteiger partial charge in [0.25, 0.3) is 0 Å². The second-order valence-electron chi connectivity index (χ2n) is 4.69. The fraction of sp³-hybridized carbons (Fsp3) is 0.643. The summed E-state index contributed by atoms with van der Waals surface area (Å²) >= 11 is 0. The molecule has 0 fully saturated rings. The Hall–Kier alpha value is -1.29. The van der Waals surface area contributed by atoms with E-state index in [0.717, 1.165) is 37.4 Å². The molecule has 1 aliphatic carbocycles. The van der Waals surface area contributed by atoms with Crippen molar-refractivity contribution in [1.29, 1.82) is 0 Å². The van der Waals surface area contributed by atoms with Gasteiger partial charge in [0.1, 0.15) is 24.8 Å². The Labute approximate surface area is 108 Å². The van der Waals surface area contributed by atoms with Crippen LogP contribution in [0.15, 0.2) is 23.7 Å². The summed E-state index contributed by atoms with van der Waals surface area (Å²) in [4.78, 5) is 13.1. The Morgan fingerprint density at radius 3 is 2.89 bits per heavy atom. The summed E-state index contributed by atoms with van der Waals surface area (Å²) < 4.78 is 11.7. The highest BCUT2D eigenvalue weighted by atomic mass is 16.6. The van der Waals surface area contributed by atoms with Gasteiger partial charge in [-0.25, -0.2) is 0 Å². The SMILES string of the molecule is CCN(CC)CC1COC2=C(CC(C=O)C=C2)O1. The van der Waals surface area contributed by atoms with Crippen molar-refractivity contribution in [2.24, 2.45) is 5.92 Å². The number of aldehydes is 1. The maximum absolute atomic E-state index is 10.8. The van der Waals surface area contributed by atoms with Crippen molar-refractivity contribution >= 4 is 6.29 Å². The van der Waals surface area contributed by atoms with E-state index in [1.807, 2.05) is 12.2 Å². The average molecular weight is 251 g/mol. The lowest BCUT2D eigenvalue weighted by molar-refractivity contribution is -0.110. The normalized spacial score (nSPS) is 26.6. The van der Waals surface area contributed by atoms with Crippen molar-refractivity contribution in [1.82, 2.24) is 4.90 Å². The van der Waals surface area contributed by atoms with E-state index in [9.17, 15) is 4.79 Å². The van der Waals surface area contributed by atoms with Gasteiger partial charge >= 0.3 is 0 Å². The van der Waals surface area contributed by atoms with Crippen molar-refractivity contribution in [2.45, 2.75) is 26.4 Å². The molecule has 0 saturated heterocycles. The van der Waals surface area contributed by atoms with Crippen LogP contribution < -0.4 is 0 Å². The standard InChI is InChI=1S/C14H21NO3/c1-3-15(4-2)8-12-10-17-13-6-5-11(9-16)7-14(13)18-12/h5-6,9,11-12H,3-4,7-8,10H2,1-2H3. The molecule has 4 nitrogen and oxygen atoms in total. The molecule has 0 spiro atoms. The predicted octanol–water partition coefficient (Wildman–Crippen LogP) is 1.73. The molecule has 100 valence electrons. The quantitative estimate of drug-likeness (QED) is 0.698. The first-order chi connectivity index (χ1) is 8.76. The van der Waals surface area contributed by atoms with Gasteiger partial charge in [-0.2, -0.15) is 0 Å². The van der Waals surface area contributed by atoms with E-state index in [1.54, 1.807) is 0 Å². The van der Waals surface area contributed by atoms with Gasteiger partial charge in [0, 0.05) is 18.9 Å². The van der Waals surface area contributed by atoms with Crippen molar-refractivity contribution in [3.63, 3.8) is 0 Å². The van der Waals surface area contributed by atoms with Crippen LogP contribution in [0.3, 0.4) is 0 Å². The molecule has 0 aromatic rings. The largest absolute Gasteiger partial charge is 0.486 e. The second kappa shape index (κ2) is 6.05. The number of rotatable bonds is 5. The van der Waals surface area contributed by atoms with E-state index in [1.165, 1.54) is 0 Å². The Balaban J connectivity index is 1.95. The van der Waals surface area contributed by atoms with E-state index in [2.05, 4.69) is 18.7 Å². The molecule has 0 saturated carbocycles. The summed E-state index contributed by atoms with van der Waals surface area (Å²) in [6.45, 7) is 7.77. The Bertz CT molecular complexity index is 358. The topological polar surface area (TPSA) is 38.8 Å². The number of hydrogen-bond acceptors (Lipinski definition) is 4. The van der Waals surface area contributed by atoms with Gasteiger partial charge in [0.2, 0.25) is 0 Å².